The third-order valence-electron chi connectivity index (χ3n) is 2.03. The smallest absolute Gasteiger partial charge is 0.231 e. The molecule has 72 valence electrons. The SMILES string of the molecule is C=CCC(=O)c1cccc2c1OCO2. The number of carbonyl (C=O) groups excluding carboxylic acids is 1. The molecule has 0 aliphatic carbocycles. The number of hydrogen-bond donors (Lipinski definition) is 0. The fraction of sp³-hybridized carbons (Fsp3) is 0.182. The van der Waals surface area contributed by atoms with Crippen LogP contribution in [0.5, 0.6) is 11.5 Å². The Morgan fingerprint density at radius 2 is 2.36 bits per heavy atom. The van der Waals surface area contributed by atoms with E-state index in [0.29, 0.717) is 23.5 Å². The van der Waals surface area contributed by atoms with Crippen LogP contribution >= 0.6 is 0 Å². The van der Waals surface area contributed by atoms with Gasteiger partial charge in [-0.2, -0.15) is 0 Å². The zero-order valence-corrected chi connectivity index (χ0v) is 7.66. The number of carbonyl (C=O) groups is 1. The molecule has 0 unspecified atom stereocenters. The van der Waals surface area contributed by atoms with Gasteiger partial charge in [-0.05, 0) is 12.1 Å². The Bertz CT molecular complexity index is 382. The lowest BCUT2D eigenvalue weighted by Gasteiger charge is -2.02. The molecule has 0 fully saturated rings. The molecule has 0 saturated carbocycles. The molecule has 1 aliphatic heterocycles. The number of Topliss-reactive ketones (excluding diaryl/α,β-unsaturated/α-hetero) is 1. The molecule has 1 aliphatic rings. The topological polar surface area (TPSA) is 35.5 Å². The fourth-order valence-electron chi connectivity index (χ4n) is 1.39. The van der Waals surface area contributed by atoms with Gasteiger partial charge in [0.25, 0.3) is 0 Å². The van der Waals surface area contributed by atoms with Gasteiger partial charge in [-0.25, -0.2) is 0 Å². The summed E-state index contributed by atoms with van der Waals surface area (Å²) in [6, 6.07) is 5.30. The van der Waals surface area contributed by atoms with Crippen LogP contribution in [0.15, 0.2) is 30.9 Å². The predicted molar refractivity (Wildman–Crippen MR) is 51.7 cm³/mol. The van der Waals surface area contributed by atoms with Crippen molar-refractivity contribution in [2.75, 3.05) is 6.79 Å². The summed E-state index contributed by atoms with van der Waals surface area (Å²) in [4.78, 5) is 11.6. The molecule has 0 amide bonds. The highest BCUT2D eigenvalue weighted by Crippen LogP contribution is 2.35. The Hall–Kier alpha value is -1.77. The average Bonchev–Trinajstić information content (AvgIpc) is 2.65. The summed E-state index contributed by atoms with van der Waals surface area (Å²) in [5, 5.41) is 0. The van der Waals surface area contributed by atoms with Gasteiger partial charge < -0.3 is 9.47 Å². The van der Waals surface area contributed by atoms with Gasteiger partial charge in [0.2, 0.25) is 6.79 Å². The van der Waals surface area contributed by atoms with Crippen LogP contribution in [-0.4, -0.2) is 12.6 Å². The maximum atomic E-state index is 11.6. The summed E-state index contributed by atoms with van der Waals surface area (Å²) in [6.07, 6.45) is 1.90. The summed E-state index contributed by atoms with van der Waals surface area (Å²) < 4.78 is 10.4. The number of allylic oxidation sites excluding steroid dienone is 1. The number of fused-ring (bicyclic) bond motifs is 1. The van der Waals surface area contributed by atoms with E-state index in [1.807, 2.05) is 0 Å². The van der Waals surface area contributed by atoms with Crippen molar-refractivity contribution in [3.05, 3.63) is 36.4 Å². The Labute approximate surface area is 81.9 Å². The van der Waals surface area contributed by atoms with Crippen molar-refractivity contribution in [2.24, 2.45) is 0 Å². The van der Waals surface area contributed by atoms with Crippen LogP contribution in [0, 0.1) is 0 Å². The quantitative estimate of drug-likeness (QED) is 0.541. The minimum Gasteiger partial charge on any atom is -0.454 e. The van der Waals surface area contributed by atoms with Crippen LogP contribution in [0.1, 0.15) is 16.8 Å². The van der Waals surface area contributed by atoms with Crippen LogP contribution in [0.25, 0.3) is 0 Å². The molecule has 1 heterocycles. The van der Waals surface area contributed by atoms with E-state index in [1.165, 1.54) is 0 Å². The summed E-state index contributed by atoms with van der Waals surface area (Å²) in [7, 11) is 0. The summed E-state index contributed by atoms with van der Waals surface area (Å²) in [6.45, 7) is 3.72. The van der Waals surface area contributed by atoms with Crippen molar-refractivity contribution >= 4 is 5.78 Å². The van der Waals surface area contributed by atoms with Gasteiger partial charge in [0.15, 0.2) is 17.3 Å². The molecular formula is C11H10O3. The Morgan fingerprint density at radius 1 is 1.50 bits per heavy atom. The zero-order chi connectivity index (χ0) is 9.97. The van der Waals surface area contributed by atoms with Crippen molar-refractivity contribution in [1.29, 1.82) is 0 Å². The highest BCUT2D eigenvalue weighted by molar-refractivity contribution is 6.00. The van der Waals surface area contributed by atoms with Crippen LogP contribution in [0.4, 0.5) is 0 Å². The highest BCUT2D eigenvalue weighted by atomic mass is 16.7. The molecule has 3 heteroatoms. The molecule has 0 aromatic heterocycles. The standard InChI is InChI=1S/C11H10O3/c1-2-4-9(12)8-5-3-6-10-11(8)14-7-13-10/h2-3,5-6H,1,4,7H2. The average molecular weight is 190 g/mol. The normalized spacial score (nSPS) is 12.6. The van der Waals surface area contributed by atoms with E-state index in [-0.39, 0.29) is 12.6 Å². The van der Waals surface area contributed by atoms with Gasteiger partial charge in [0.05, 0.1) is 5.56 Å². The number of hydrogen-bond acceptors (Lipinski definition) is 3. The lowest BCUT2D eigenvalue weighted by molar-refractivity contribution is 0.0991. The first-order valence-electron chi connectivity index (χ1n) is 4.35. The van der Waals surface area contributed by atoms with E-state index in [9.17, 15) is 4.79 Å². The molecule has 0 bridgehead atoms. The maximum Gasteiger partial charge on any atom is 0.231 e. The fourth-order valence-corrected chi connectivity index (χ4v) is 1.39. The van der Waals surface area contributed by atoms with Crippen LogP contribution < -0.4 is 9.47 Å². The first-order chi connectivity index (χ1) is 6.83. The number of ether oxygens (including phenoxy) is 2. The molecule has 14 heavy (non-hydrogen) atoms. The molecule has 0 atom stereocenters. The third-order valence-corrected chi connectivity index (χ3v) is 2.03. The molecule has 2 rings (SSSR count). The van der Waals surface area contributed by atoms with E-state index >= 15 is 0 Å². The maximum absolute atomic E-state index is 11.6. The monoisotopic (exact) mass is 190 g/mol. The van der Waals surface area contributed by atoms with Crippen molar-refractivity contribution in [1.82, 2.24) is 0 Å². The van der Waals surface area contributed by atoms with E-state index in [2.05, 4.69) is 6.58 Å². The number of rotatable bonds is 3. The van der Waals surface area contributed by atoms with Gasteiger partial charge in [0, 0.05) is 6.42 Å². The van der Waals surface area contributed by atoms with Crippen molar-refractivity contribution in [3.63, 3.8) is 0 Å². The third kappa shape index (κ3) is 1.37. The lowest BCUT2D eigenvalue weighted by atomic mass is 10.1. The van der Waals surface area contributed by atoms with Gasteiger partial charge in [0.1, 0.15) is 0 Å². The number of ketones is 1. The first kappa shape index (κ1) is 8.81. The van der Waals surface area contributed by atoms with Crippen LogP contribution in [-0.2, 0) is 0 Å². The summed E-state index contributed by atoms with van der Waals surface area (Å²) in [5.41, 5.74) is 0.569. The Kier molecular flexibility index (Phi) is 2.23. The lowest BCUT2D eigenvalue weighted by Crippen LogP contribution is -1.99. The second kappa shape index (κ2) is 3.54. The summed E-state index contributed by atoms with van der Waals surface area (Å²) >= 11 is 0. The molecule has 3 nitrogen and oxygen atoms in total. The molecule has 0 spiro atoms. The van der Waals surface area contributed by atoms with E-state index in [0.717, 1.165) is 0 Å². The Morgan fingerprint density at radius 3 is 3.14 bits per heavy atom. The minimum atomic E-state index is 0.00218. The minimum absolute atomic E-state index is 0.00218. The largest absolute Gasteiger partial charge is 0.454 e. The van der Waals surface area contributed by atoms with Crippen molar-refractivity contribution < 1.29 is 14.3 Å². The molecular weight excluding hydrogens is 180 g/mol. The molecule has 1 aromatic carbocycles. The first-order valence-corrected chi connectivity index (χ1v) is 4.35. The second-order valence-electron chi connectivity index (χ2n) is 2.96. The molecule has 1 aromatic rings. The molecule has 0 saturated heterocycles. The van der Waals surface area contributed by atoms with Gasteiger partial charge >= 0.3 is 0 Å². The second-order valence-corrected chi connectivity index (χ2v) is 2.96. The highest BCUT2D eigenvalue weighted by Gasteiger charge is 2.20. The van der Waals surface area contributed by atoms with E-state index in [4.69, 9.17) is 9.47 Å². The van der Waals surface area contributed by atoms with E-state index in [1.54, 1.807) is 24.3 Å². The molecule has 0 radical (unpaired) electrons. The number of para-hydroxylation sites is 1. The van der Waals surface area contributed by atoms with Crippen molar-refractivity contribution in [3.8, 4) is 11.5 Å². The van der Waals surface area contributed by atoms with Crippen molar-refractivity contribution in [2.45, 2.75) is 6.42 Å². The zero-order valence-electron chi connectivity index (χ0n) is 7.66. The predicted octanol–water partition coefficient (Wildman–Crippen LogP) is 2.17. The van der Waals surface area contributed by atoms with Gasteiger partial charge in [-0.3, -0.25) is 4.79 Å². The van der Waals surface area contributed by atoms with Gasteiger partial charge in [-0.15, -0.1) is 6.58 Å². The summed E-state index contributed by atoms with van der Waals surface area (Å²) in [5.74, 6) is 1.20. The van der Waals surface area contributed by atoms with Gasteiger partial charge in [-0.1, -0.05) is 12.1 Å². The van der Waals surface area contributed by atoms with Crippen LogP contribution in [0.2, 0.25) is 0 Å². The van der Waals surface area contributed by atoms with E-state index < -0.39 is 0 Å². The molecule has 0 N–H and O–H groups in total. The Balaban J connectivity index is 2.39. The number of benzene rings is 1. The van der Waals surface area contributed by atoms with Crippen LogP contribution in [0.3, 0.4) is 0 Å².